The molecule has 2 aromatic carbocycles. The van der Waals surface area contributed by atoms with Crippen LogP contribution in [0.4, 0.5) is 11.6 Å². The van der Waals surface area contributed by atoms with Crippen molar-refractivity contribution in [3.05, 3.63) is 65.1 Å². The highest BCUT2D eigenvalue weighted by atomic mass is 16.5. The molecule has 3 N–H and O–H groups in total. The van der Waals surface area contributed by atoms with E-state index < -0.39 is 6.04 Å². The normalized spacial score (nSPS) is 14.7. The summed E-state index contributed by atoms with van der Waals surface area (Å²) >= 11 is 0. The Labute approximate surface area is 203 Å². The van der Waals surface area contributed by atoms with Gasteiger partial charge in [0.15, 0.2) is 5.82 Å². The number of fused-ring (bicyclic) bond motifs is 1. The highest BCUT2D eigenvalue weighted by Gasteiger charge is 2.36. The van der Waals surface area contributed by atoms with Crippen molar-refractivity contribution >= 4 is 17.5 Å². The smallest absolute Gasteiger partial charge is 0.255 e. The highest BCUT2D eigenvalue weighted by Crippen LogP contribution is 2.41. The number of hydrogen-bond acceptors (Lipinski definition) is 8. The fraction of sp³-hybridized carbons (Fsp3) is 0.320. The zero-order chi connectivity index (χ0) is 24.9. The fourth-order valence-corrected chi connectivity index (χ4v) is 4.11. The van der Waals surface area contributed by atoms with E-state index in [1.165, 1.54) is 0 Å². The Kier molecular flexibility index (Phi) is 7.21. The molecule has 35 heavy (non-hydrogen) atoms. The van der Waals surface area contributed by atoms with Crippen molar-refractivity contribution in [1.82, 2.24) is 14.8 Å². The van der Waals surface area contributed by atoms with Gasteiger partial charge >= 0.3 is 0 Å². The van der Waals surface area contributed by atoms with E-state index in [2.05, 4.69) is 20.7 Å². The van der Waals surface area contributed by atoms with Crippen LogP contribution in [-0.4, -0.2) is 53.7 Å². The van der Waals surface area contributed by atoms with Crippen LogP contribution in [0.2, 0.25) is 0 Å². The van der Waals surface area contributed by atoms with Crippen molar-refractivity contribution in [1.29, 1.82) is 0 Å². The zero-order valence-corrected chi connectivity index (χ0v) is 20.2. The quantitative estimate of drug-likeness (QED) is 0.428. The number of rotatable bonds is 9. The second-order valence-corrected chi connectivity index (χ2v) is 7.95. The third-order valence-electron chi connectivity index (χ3n) is 5.79. The van der Waals surface area contributed by atoms with Gasteiger partial charge in [0.2, 0.25) is 5.95 Å². The maximum atomic E-state index is 13.7. The lowest BCUT2D eigenvalue weighted by molar-refractivity contribution is -0.113. The van der Waals surface area contributed by atoms with Gasteiger partial charge in [0.1, 0.15) is 23.3 Å². The number of nitrogens with zero attached hydrogens (tertiary/aromatic N) is 3. The number of para-hydroxylation sites is 2. The number of amides is 1. The molecular weight excluding hydrogens is 450 g/mol. The van der Waals surface area contributed by atoms with Gasteiger partial charge < -0.3 is 30.0 Å². The SMILES string of the molecule is COc1ccc(OC)c([C@H]2C(C(=O)Nc3ccccc3OC)=C(C)Nc3nc(CCCO)nn32)c1. The number of allylic oxidation sites excluding steroid dienone is 1. The molecule has 0 aliphatic carbocycles. The van der Waals surface area contributed by atoms with Crippen LogP contribution < -0.4 is 24.8 Å². The Hall–Kier alpha value is -4.05. The molecule has 0 unspecified atom stereocenters. The highest BCUT2D eigenvalue weighted by molar-refractivity contribution is 6.06. The molecule has 0 fully saturated rings. The Morgan fingerprint density at radius 2 is 1.89 bits per heavy atom. The van der Waals surface area contributed by atoms with Crippen LogP contribution in [-0.2, 0) is 11.2 Å². The third-order valence-corrected chi connectivity index (χ3v) is 5.79. The molecule has 0 spiro atoms. The van der Waals surface area contributed by atoms with E-state index in [1.807, 2.05) is 25.1 Å². The molecule has 0 radical (unpaired) electrons. The van der Waals surface area contributed by atoms with E-state index in [4.69, 9.17) is 14.2 Å². The maximum absolute atomic E-state index is 13.7. The van der Waals surface area contributed by atoms with E-state index in [0.717, 1.165) is 0 Å². The first-order valence-corrected chi connectivity index (χ1v) is 11.2. The van der Waals surface area contributed by atoms with E-state index in [-0.39, 0.29) is 12.5 Å². The summed E-state index contributed by atoms with van der Waals surface area (Å²) < 4.78 is 18.2. The number of anilines is 2. The summed E-state index contributed by atoms with van der Waals surface area (Å²) in [6, 6.07) is 12.0. The molecule has 184 valence electrons. The fourth-order valence-electron chi connectivity index (χ4n) is 4.11. The molecule has 4 rings (SSSR count). The molecule has 10 heteroatoms. The number of carbonyl (C=O) groups is 1. The van der Waals surface area contributed by atoms with Gasteiger partial charge in [0.05, 0.1) is 32.6 Å². The van der Waals surface area contributed by atoms with Crippen molar-refractivity contribution in [2.24, 2.45) is 0 Å². The van der Waals surface area contributed by atoms with Gasteiger partial charge in [-0.15, -0.1) is 0 Å². The number of ether oxygens (including phenoxy) is 3. The number of aliphatic hydroxyl groups excluding tert-OH is 1. The maximum Gasteiger partial charge on any atom is 0.255 e. The van der Waals surface area contributed by atoms with Crippen molar-refractivity contribution in [3.8, 4) is 17.2 Å². The number of carbonyl (C=O) groups excluding carboxylic acids is 1. The largest absolute Gasteiger partial charge is 0.497 e. The van der Waals surface area contributed by atoms with E-state index in [9.17, 15) is 9.90 Å². The van der Waals surface area contributed by atoms with Crippen molar-refractivity contribution in [3.63, 3.8) is 0 Å². The summed E-state index contributed by atoms with van der Waals surface area (Å²) in [5.41, 5.74) is 2.30. The second-order valence-electron chi connectivity index (χ2n) is 7.95. The minimum absolute atomic E-state index is 0.0360. The summed E-state index contributed by atoms with van der Waals surface area (Å²) in [5.74, 6) is 2.47. The van der Waals surface area contributed by atoms with Crippen molar-refractivity contribution in [2.45, 2.75) is 25.8 Å². The summed E-state index contributed by atoms with van der Waals surface area (Å²) in [6.45, 7) is 1.86. The van der Waals surface area contributed by atoms with Gasteiger partial charge in [-0.3, -0.25) is 4.79 Å². The summed E-state index contributed by atoms with van der Waals surface area (Å²) in [5, 5.41) is 20.1. The summed E-state index contributed by atoms with van der Waals surface area (Å²) in [7, 11) is 4.71. The standard InChI is InChI=1S/C25H29N5O5/c1-15-22(24(32)27-18-8-5-6-9-20(18)35-4)23(17-14-16(33-2)11-12-19(17)34-3)30-25(26-15)28-21(29-30)10-7-13-31/h5-6,8-9,11-12,14,23,31H,7,10,13H2,1-4H3,(H,27,32)(H,26,28,29)/t23-/m0/s1. The minimum Gasteiger partial charge on any atom is -0.497 e. The Balaban J connectivity index is 1.84. The van der Waals surface area contributed by atoms with Crippen LogP contribution in [0.15, 0.2) is 53.7 Å². The van der Waals surface area contributed by atoms with Gasteiger partial charge in [-0.2, -0.15) is 10.1 Å². The number of benzene rings is 2. The number of nitrogens with one attached hydrogen (secondary N) is 2. The minimum atomic E-state index is -0.651. The van der Waals surface area contributed by atoms with E-state index >= 15 is 0 Å². The van der Waals surface area contributed by atoms with E-state index in [1.54, 1.807) is 50.3 Å². The first kappa shape index (κ1) is 24.1. The molecule has 3 aromatic rings. The summed E-state index contributed by atoms with van der Waals surface area (Å²) in [4.78, 5) is 18.3. The number of aromatic nitrogens is 3. The monoisotopic (exact) mass is 479 g/mol. The summed E-state index contributed by atoms with van der Waals surface area (Å²) in [6.07, 6.45) is 1.03. The van der Waals surface area contributed by atoms with Crippen LogP contribution in [0.3, 0.4) is 0 Å². The predicted octanol–water partition coefficient (Wildman–Crippen LogP) is 3.16. The second kappa shape index (κ2) is 10.5. The van der Waals surface area contributed by atoms with Gasteiger partial charge in [0, 0.05) is 24.3 Å². The molecule has 1 amide bonds. The number of hydrogen-bond donors (Lipinski definition) is 3. The molecule has 1 aromatic heterocycles. The Morgan fingerprint density at radius 3 is 2.60 bits per heavy atom. The average molecular weight is 480 g/mol. The molecule has 0 saturated heterocycles. The van der Waals surface area contributed by atoms with Crippen LogP contribution in [0.5, 0.6) is 17.2 Å². The number of aryl methyl sites for hydroxylation is 1. The molecule has 2 heterocycles. The topological polar surface area (TPSA) is 120 Å². The molecule has 0 bridgehead atoms. The van der Waals surface area contributed by atoms with Crippen LogP contribution >= 0.6 is 0 Å². The van der Waals surface area contributed by atoms with E-state index in [0.29, 0.717) is 64.4 Å². The van der Waals surface area contributed by atoms with Crippen molar-refractivity contribution < 1.29 is 24.1 Å². The Morgan fingerprint density at radius 1 is 1.11 bits per heavy atom. The van der Waals surface area contributed by atoms with Crippen LogP contribution in [0, 0.1) is 0 Å². The molecule has 1 atom stereocenters. The lowest BCUT2D eigenvalue weighted by atomic mass is 9.94. The van der Waals surface area contributed by atoms with Gasteiger partial charge in [-0.05, 0) is 43.7 Å². The predicted molar refractivity (Wildman–Crippen MR) is 131 cm³/mol. The van der Waals surface area contributed by atoms with Gasteiger partial charge in [-0.25, -0.2) is 4.68 Å². The first-order chi connectivity index (χ1) is 17.0. The lowest BCUT2D eigenvalue weighted by Gasteiger charge is -2.30. The molecule has 0 saturated carbocycles. The lowest BCUT2D eigenvalue weighted by Crippen LogP contribution is -2.32. The molecular formula is C25H29N5O5. The Bertz CT molecular complexity index is 1250. The molecule has 1 aliphatic heterocycles. The first-order valence-electron chi connectivity index (χ1n) is 11.2. The average Bonchev–Trinajstić information content (AvgIpc) is 3.28. The zero-order valence-electron chi connectivity index (χ0n) is 20.2. The van der Waals surface area contributed by atoms with Crippen LogP contribution in [0.25, 0.3) is 0 Å². The number of methoxy groups -OCH3 is 3. The van der Waals surface area contributed by atoms with Crippen LogP contribution in [0.1, 0.15) is 30.8 Å². The van der Waals surface area contributed by atoms with Gasteiger partial charge in [0.25, 0.3) is 5.91 Å². The van der Waals surface area contributed by atoms with Gasteiger partial charge in [-0.1, -0.05) is 12.1 Å². The third kappa shape index (κ3) is 4.78. The van der Waals surface area contributed by atoms with Crippen molar-refractivity contribution in [2.75, 3.05) is 38.6 Å². The molecule has 1 aliphatic rings. The molecule has 10 nitrogen and oxygen atoms in total. The number of aliphatic hydroxyl groups is 1.